The molecule has 1 rings (SSSR count). The molecule has 0 atom stereocenters. The van der Waals surface area contributed by atoms with Gasteiger partial charge in [-0.3, -0.25) is 14.5 Å². The second-order valence-electron chi connectivity index (χ2n) is 3.57. The van der Waals surface area contributed by atoms with Crippen LogP contribution in [0, 0.1) is 0 Å². The first-order valence-corrected chi connectivity index (χ1v) is 5.05. The Balaban J connectivity index is 2.23. The number of carboxylic acids is 1. The molecule has 1 aliphatic rings. The van der Waals surface area contributed by atoms with Crippen LogP contribution in [0.5, 0.6) is 0 Å². The zero-order chi connectivity index (χ0) is 11.3. The molecular weight excluding hydrogens is 198 g/mol. The fraction of sp³-hybridized carbons (Fsp3) is 0.778. The van der Waals surface area contributed by atoms with Crippen LogP contribution >= 0.6 is 0 Å². The Labute approximate surface area is 88.6 Å². The quantitative estimate of drug-likeness (QED) is 0.600. The fourth-order valence-electron chi connectivity index (χ4n) is 1.60. The van der Waals surface area contributed by atoms with Crippen LogP contribution in [0.4, 0.5) is 0 Å². The van der Waals surface area contributed by atoms with Gasteiger partial charge in [-0.05, 0) is 0 Å². The van der Waals surface area contributed by atoms with E-state index in [-0.39, 0.29) is 18.9 Å². The Hall–Kier alpha value is -1.14. The lowest BCUT2D eigenvalue weighted by atomic mass is 10.3. The normalized spacial score (nSPS) is 17.8. The maximum absolute atomic E-state index is 11.2. The lowest BCUT2D eigenvalue weighted by Crippen LogP contribution is -2.50. The largest absolute Gasteiger partial charge is 0.481 e. The average Bonchev–Trinajstić information content (AvgIpc) is 2.26. The van der Waals surface area contributed by atoms with Crippen molar-refractivity contribution < 1.29 is 14.7 Å². The van der Waals surface area contributed by atoms with E-state index in [0.29, 0.717) is 19.6 Å². The zero-order valence-corrected chi connectivity index (χ0v) is 8.69. The summed E-state index contributed by atoms with van der Waals surface area (Å²) in [6.45, 7) is 3.37. The molecule has 0 unspecified atom stereocenters. The lowest BCUT2D eigenvalue weighted by Gasteiger charge is -2.34. The number of nitrogens with zero attached hydrogens (tertiary/aromatic N) is 2. The summed E-state index contributed by atoms with van der Waals surface area (Å²) in [6.07, 6.45) is 0.158. The highest BCUT2D eigenvalue weighted by Crippen LogP contribution is 2.02. The third-order valence-electron chi connectivity index (χ3n) is 2.54. The Morgan fingerprint density at radius 3 is 2.27 bits per heavy atom. The number of carboxylic acid groups (broad SMARTS) is 1. The number of rotatable bonds is 4. The highest BCUT2D eigenvalue weighted by Gasteiger charge is 2.19. The van der Waals surface area contributed by atoms with Gasteiger partial charge in [-0.2, -0.15) is 0 Å². The minimum atomic E-state index is -0.782. The Bertz CT molecular complexity index is 237. The second-order valence-corrected chi connectivity index (χ2v) is 3.57. The van der Waals surface area contributed by atoms with Crippen molar-refractivity contribution in [3.8, 4) is 0 Å². The predicted octanol–water partition coefficient (Wildman–Crippen LogP) is -1.44. The molecule has 0 spiro atoms. The number of nitrogens with two attached hydrogens (primary N) is 1. The van der Waals surface area contributed by atoms with E-state index >= 15 is 0 Å². The second kappa shape index (κ2) is 5.67. The summed E-state index contributed by atoms with van der Waals surface area (Å²) in [5.74, 6) is -0.816. The highest BCUT2D eigenvalue weighted by atomic mass is 16.4. The van der Waals surface area contributed by atoms with Crippen LogP contribution in [-0.4, -0.2) is 66.1 Å². The van der Waals surface area contributed by atoms with E-state index in [0.717, 1.165) is 13.1 Å². The summed E-state index contributed by atoms with van der Waals surface area (Å²) in [5, 5.41) is 8.51. The maximum Gasteiger partial charge on any atom is 0.304 e. The maximum atomic E-state index is 11.2. The first-order valence-electron chi connectivity index (χ1n) is 5.05. The molecule has 1 heterocycles. The molecule has 0 aromatic carbocycles. The summed E-state index contributed by atoms with van der Waals surface area (Å²) in [5.41, 5.74) is 5.25. The van der Waals surface area contributed by atoms with Crippen LogP contribution < -0.4 is 5.73 Å². The van der Waals surface area contributed by atoms with E-state index < -0.39 is 5.97 Å². The van der Waals surface area contributed by atoms with E-state index in [1.54, 1.807) is 4.90 Å². The SMILES string of the molecule is NCC(=O)N1CCN(CCC(=O)O)CC1. The molecule has 3 N–H and O–H groups in total. The van der Waals surface area contributed by atoms with Gasteiger partial charge in [-0.1, -0.05) is 0 Å². The number of amides is 1. The van der Waals surface area contributed by atoms with Gasteiger partial charge in [0.15, 0.2) is 0 Å². The summed E-state index contributed by atoms with van der Waals surface area (Å²) in [6, 6.07) is 0. The van der Waals surface area contributed by atoms with Crippen LogP contribution in [0.3, 0.4) is 0 Å². The van der Waals surface area contributed by atoms with E-state index in [2.05, 4.69) is 4.90 Å². The summed E-state index contributed by atoms with van der Waals surface area (Å²) < 4.78 is 0. The fourth-order valence-corrected chi connectivity index (χ4v) is 1.60. The average molecular weight is 215 g/mol. The molecule has 1 amide bonds. The summed E-state index contributed by atoms with van der Waals surface area (Å²) >= 11 is 0. The number of hydrogen-bond acceptors (Lipinski definition) is 4. The summed E-state index contributed by atoms with van der Waals surface area (Å²) in [7, 11) is 0. The van der Waals surface area contributed by atoms with E-state index in [4.69, 9.17) is 10.8 Å². The Kier molecular flexibility index (Phi) is 4.51. The number of carbonyl (C=O) groups excluding carboxylic acids is 1. The van der Waals surface area contributed by atoms with Crippen LogP contribution in [0.1, 0.15) is 6.42 Å². The van der Waals surface area contributed by atoms with Gasteiger partial charge in [0.25, 0.3) is 0 Å². The number of aliphatic carboxylic acids is 1. The lowest BCUT2D eigenvalue weighted by molar-refractivity contribution is -0.138. The van der Waals surface area contributed by atoms with Crippen LogP contribution in [0.2, 0.25) is 0 Å². The van der Waals surface area contributed by atoms with E-state index in [9.17, 15) is 9.59 Å². The number of piperazine rings is 1. The van der Waals surface area contributed by atoms with Gasteiger partial charge in [-0.25, -0.2) is 0 Å². The molecule has 6 nitrogen and oxygen atoms in total. The van der Waals surface area contributed by atoms with Crippen LogP contribution in [0.15, 0.2) is 0 Å². The standard InChI is InChI=1S/C9H17N3O3/c10-7-8(13)12-5-3-11(4-6-12)2-1-9(14)15/h1-7,10H2,(H,14,15). The minimum absolute atomic E-state index is 0.0344. The van der Waals surface area contributed by atoms with Crippen molar-refractivity contribution in [2.24, 2.45) is 5.73 Å². The van der Waals surface area contributed by atoms with Gasteiger partial charge in [0.05, 0.1) is 13.0 Å². The third kappa shape index (κ3) is 3.85. The molecule has 1 fully saturated rings. The van der Waals surface area contributed by atoms with Gasteiger partial charge in [0.2, 0.25) is 5.91 Å². The zero-order valence-electron chi connectivity index (χ0n) is 8.69. The highest BCUT2D eigenvalue weighted by molar-refractivity contribution is 5.78. The molecule has 0 bridgehead atoms. The molecule has 0 aromatic heterocycles. The number of hydrogen-bond donors (Lipinski definition) is 2. The summed E-state index contributed by atoms with van der Waals surface area (Å²) in [4.78, 5) is 25.4. The Morgan fingerprint density at radius 1 is 1.20 bits per heavy atom. The van der Waals surface area contributed by atoms with Crippen molar-refractivity contribution in [1.29, 1.82) is 0 Å². The van der Waals surface area contributed by atoms with Crippen LogP contribution in [0.25, 0.3) is 0 Å². The van der Waals surface area contributed by atoms with Crippen molar-refractivity contribution in [2.75, 3.05) is 39.3 Å². The molecule has 6 heteroatoms. The molecule has 15 heavy (non-hydrogen) atoms. The van der Waals surface area contributed by atoms with Crippen LogP contribution in [-0.2, 0) is 9.59 Å². The first kappa shape index (κ1) is 11.9. The van der Waals surface area contributed by atoms with Gasteiger partial charge >= 0.3 is 5.97 Å². The van der Waals surface area contributed by atoms with Crippen molar-refractivity contribution >= 4 is 11.9 Å². The molecule has 86 valence electrons. The van der Waals surface area contributed by atoms with Crippen molar-refractivity contribution in [1.82, 2.24) is 9.80 Å². The van der Waals surface area contributed by atoms with Crippen molar-refractivity contribution in [3.05, 3.63) is 0 Å². The molecular formula is C9H17N3O3. The van der Waals surface area contributed by atoms with Crippen molar-refractivity contribution in [2.45, 2.75) is 6.42 Å². The van der Waals surface area contributed by atoms with Crippen molar-refractivity contribution in [3.63, 3.8) is 0 Å². The third-order valence-corrected chi connectivity index (χ3v) is 2.54. The molecule has 1 aliphatic heterocycles. The van der Waals surface area contributed by atoms with Gasteiger partial charge in [0, 0.05) is 32.7 Å². The molecule has 0 aromatic rings. The van der Waals surface area contributed by atoms with E-state index in [1.807, 2.05) is 0 Å². The molecule has 0 radical (unpaired) electrons. The molecule has 0 aliphatic carbocycles. The predicted molar refractivity (Wildman–Crippen MR) is 54.3 cm³/mol. The first-order chi connectivity index (χ1) is 7.13. The van der Waals surface area contributed by atoms with Gasteiger partial charge in [0.1, 0.15) is 0 Å². The van der Waals surface area contributed by atoms with Gasteiger partial charge < -0.3 is 15.7 Å². The molecule has 0 saturated carbocycles. The topological polar surface area (TPSA) is 86.9 Å². The molecule has 1 saturated heterocycles. The Morgan fingerprint density at radius 2 is 1.80 bits per heavy atom. The minimum Gasteiger partial charge on any atom is -0.481 e. The van der Waals surface area contributed by atoms with E-state index in [1.165, 1.54) is 0 Å². The van der Waals surface area contributed by atoms with Gasteiger partial charge in [-0.15, -0.1) is 0 Å². The number of carbonyl (C=O) groups is 2. The monoisotopic (exact) mass is 215 g/mol. The smallest absolute Gasteiger partial charge is 0.304 e.